The van der Waals surface area contributed by atoms with Crippen LogP contribution in [0.25, 0.3) is 0 Å². The third kappa shape index (κ3) is 2.88. The molecule has 0 aliphatic rings. The largest absolute Gasteiger partial charge is 0.497 e. The maximum atomic E-state index is 6.62. The molecule has 0 N–H and O–H groups in total. The SMILES string of the molecule is COc1ccc(C(Cl)c2cc(C)sc2C)c(OC)c1. The molecule has 1 aromatic carbocycles. The molecule has 1 aromatic heterocycles. The molecule has 0 spiro atoms. The van der Waals surface area contributed by atoms with E-state index in [9.17, 15) is 0 Å². The number of thiophene rings is 1. The van der Waals surface area contributed by atoms with E-state index in [4.69, 9.17) is 21.1 Å². The molecular weight excluding hydrogens is 280 g/mol. The van der Waals surface area contributed by atoms with Crippen LogP contribution in [0.3, 0.4) is 0 Å². The van der Waals surface area contributed by atoms with Crippen LogP contribution in [0.5, 0.6) is 11.5 Å². The Hall–Kier alpha value is -1.19. The van der Waals surface area contributed by atoms with Gasteiger partial charge in [0.15, 0.2) is 0 Å². The molecule has 1 unspecified atom stereocenters. The van der Waals surface area contributed by atoms with Crippen LogP contribution in [0.2, 0.25) is 0 Å². The van der Waals surface area contributed by atoms with Crippen LogP contribution in [-0.4, -0.2) is 14.2 Å². The number of alkyl halides is 1. The Morgan fingerprint density at radius 2 is 1.79 bits per heavy atom. The van der Waals surface area contributed by atoms with E-state index < -0.39 is 0 Å². The van der Waals surface area contributed by atoms with Crippen molar-refractivity contribution in [3.8, 4) is 11.5 Å². The number of rotatable bonds is 4. The molecular formula is C15H17ClO2S. The predicted octanol–water partition coefficient (Wildman–Crippen LogP) is 4.71. The second-order valence-corrected chi connectivity index (χ2v) is 6.24. The Balaban J connectivity index is 2.43. The molecule has 2 aromatic rings. The zero-order chi connectivity index (χ0) is 14.0. The van der Waals surface area contributed by atoms with Gasteiger partial charge in [-0.2, -0.15) is 0 Å². The molecule has 0 saturated carbocycles. The lowest BCUT2D eigenvalue weighted by molar-refractivity contribution is 0.391. The molecule has 2 nitrogen and oxygen atoms in total. The summed E-state index contributed by atoms with van der Waals surface area (Å²) in [7, 11) is 3.28. The first-order valence-corrected chi connectivity index (χ1v) is 7.25. The minimum absolute atomic E-state index is 0.203. The Morgan fingerprint density at radius 1 is 1.05 bits per heavy atom. The van der Waals surface area contributed by atoms with E-state index >= 15 is 0 Å². The number of aryl methyl sites for hydroxylation is 2. The summed E-state index contributed by atoms with van der Waals surface area (Å²) in [6.07, 6.45) is 0. The molecule has 2 rings (SSSR count). The Bertz CT molecular complexity index is 578. The van der Waals surface area contributed by atoms with Gasteiger partial charge in [0.05, 0.1) is 19.6 Å². The molecule has 1 atom stereocenters. The van der Waals surface area contributed by atoms with Gasteiger partial charge in [0, 0.05) is 21.4 Å². The average Bonchev–Trinajstić information content (AvgIpc) is 2.76. The van der Waals surface area contributed by atoms with Crippen molar-refractivity contribution in [3.63, 3.8) is 0 Å². The van der Waals surface area contributed by atoms with E-state index in [0.717, 1.165) is 22.6 Å². The van der Waals surface area contributed by atoms with Crippen molar-refractivity contribution in [2.24, 2.45) is 0 Å². The average molecular weight is 297 g/mol. The van der Waals surface area contributed by atoms with Gasteiger partial charge in [0.2, 0.25) is 0 Å². The van der Waals surface area contributed by atoms with E-state index in [1.54, 1.807) is 25.6 Å². The van der Waals surface area contributed by atoms with Gasteiger partial charge in [-0.3, -0.25) is 0 Å². The van der Waals surface area contributed by atoms with Crippen LogP contribution in [0, 0.1) is 13.8 Å². The van der Waals surface area contributed by atoms with Gasteiger partial charge in [-0.15, -0.1) is 22.9 Å². The van der Waals surface area contributed by atoms with Gasteiger partial charge in [-0.25, -0.2) is 0 Å². The zero-order valence-electron chi connectivity index (χ0n) is 11.5. The summed E-state index contributed by atoms with van der Waals surface area (Å²) < 4.78 is 10.6. The molecule has 19 heavy (non-hydrogen) atoms. The van der Waals surface area contributed by atoms with Crippen molar-refractivity contribution in [1.82, 2.24) is 0 Å². The quantitative estimate of drug-likeness (QED) is 0.761. The van der Waals surface area contributed by atoms with Crippen molar-refractivity contribution in [3.05, 3.63) is 45.1 Å². The van der Waals surface area contributed by atoms with Crippen LogP contribution < -0.4 is 9.47 Å². The summed E-state index contributed by atoms with van der Waals surface area (Å²) in [5.41, 5.74) is 2.11. The number of ether oxygens (including phenoxy) is 2. The maximum Gasteiger partial charge on any atom is 0.127 e. The predicted molar refractivity (Wildman–Crippen MR) is 81.0 cm³/mol. The van der Waals surface area contributed by atoms with Crippen molar-refractivity contribution < 1.29 is 9.47 Å². The van der Waals surface area contributed by atoms with Crippen LogP contribution in [0.15, 0.2) is 24.3 Å². The van der Waals surface area contributed by atoms with Crippen LogP contribution >= 0.6 is 22.9 Å². The number of hydrogen-bond donors (Lipinski definition) is 0. The molecule has 102 valence electrons. The Morgan fingerprint density at radius 3 is 2.32 bits per heavy atom. The van der Waals surface area contributed by atoms with Gasteiger partial charge in [0.25, 0.3) is 0 Å². The fourth-order valence-electron chi connectivity index (χ4n) is 2.10. The Kier molecular flexibility index (Phi) is 4.38. The molecule has 0 amide bonds. The highest BCUT2D eigenvalue weighted by atomic mass is 35.5. The molecule has 0 radical (unpaired) electrons. The lowest BCUT2D eigenvalue weighted by atomic mass is 10.0. The summed E-state index contributed by atoms with van der Waals surface area (Å²) >= 11 is 8.38. The van der Waals surface area contributed by atoms with E-state index in [2.05, 4.69) is 19.9 Å². The van der Waals surface area contributed by atoms with E-state index in [1.807, 2.05) is 18.2 Å². The van der Waals surface area contributed by atoms with E-state index in [-0.39, 0.29) is 5.38 Å². The van der Waals surface area contributed by atoms with Gasteiger partial charge in [-0.05, 0) is 37.6 Å². The van der Waals surface area contributed by atoms with E-state index in [1.165, 1.54) is 9.75 Å². The first-order chi connectivity index (χ1) is 9.06. The first kappa shape index (κ1) is 14.2. The van der Waals surface area contributed by atoms with E-state index in [0.29, 0.717) is 0 Å². The first-order valence-electron chi connectivity index (χ1n) is 5.99. The highest BCUT2D eigenvalue weighted by molar-refractivity contribution is 7.12. The molecule has 4 heteroatoms. The smallest absolute Gasteiger partial charge is 0.127 e. The summed E-state index contributed by atoms with van der Waals surface area (Å²) in [6.45, 7) is 4.19. The fraction of sp³-hybridized carbons (Fsp3) is 0.333. The fourth-order valence-corrected chi connectivity index (χ4v) is 3.53. The van der Waals surface area contributed by atoms with Gasteiger partial charge < -0.3 is 9.47 Å². The number of halogens is 1. The molecule has 1 heterocycles. The molecule has 0 saturated heterocycles. The van der Waals surface area contributed by atoms with Crippen molar-refractivity contribution in [2.45, 2.75) is 19.2 Å². The van der Waals surface area contributed by atoms with Crippen molar-refractivity contribution in [1.29, 1.82) is 0 Å². The minimum atomic E-state index is -0.203. The second kappa shape index (κ2) is 5.85. The van der Waals surface area contributed by atoms with Crippen LogP contribution in [0.4, 0.5) is 0 Å². The third-order valence-electron chi connectivity index (χ3n) is 3.07. The van der Waals surface area contributed by atoms with Gasteiger partial charge in [-0.1, -0.05) is 0 Å². The summed E-state index contributed by atoms with van der Waals surface area (Å²) in [6, 6.07) is 7.87. The minimum Gasteiger partial charge on any atom is -0.497 e. The Labute approximate surface area is 122 Å². The maximum absolute atomic E-state index is 6.62. The van der Waals surface area contributed by atoms with Crippen molar-refractivity contribution in [2.75, 3.05) is 14.2 Å². The molecule has 0 fully saturated rings. The van der Waals surface area contributed by atoms with Crippen LogP contribution in [-0.2, 0) is 0 Å². The van der Waals surface area contributed by atoms with Crippen LogP contribution in [0.1, 0.15) is 26.3 Å². The standard InChI is InChI=1S/C15H17ClO2S/c1-9-7-13(10(2)19-9)15(16)12-6-5-11(17-3)8-14(12)18-4/h5-8,15H,1-4H3. The topological polar surface area (TPSA) is 18.5 Å². The second-order valence-electron chi connectivity index (χ2n) is 4.34. The molecule has 0 bridgehead atoms. The number of benzene rings is 1. The summed E-state index contributed by atoms with van der Waals surface area (Å²) in [5, 5.41) is -0.203. The lowest BCUT2D eigenvalue weighted by Crippen LogP contribution is -1.98. The highest BCUT2D eigenvalue weighted by Crippen LogP contribution is 2.40. The molecule has 0 aliphatic heterocycles. The van der Waals surface area contributed by atoms with Gasteiger partial charge >= 0.3 is 0 Å². The molecule has 0 aliphatic carbocycles. The number of methoxy groups -OCH3 is 2. The normalized spacial score (nSPS) is 12.3. The highest BCUT2D eigenvalue weighted by Gasteiger charge is 2.19. The summed E-state index contributed by atoms with van der Waals surface area (Å²) in [4.78, 5) is 2.51. The monoisotopic (exact) mass is 296 g/mol. The third-order valence-corrected chi connectivity index (χ3v) is 4.52. The zero-order valence-corrected chi connectivity index (χ0v) is 13.1. The van der Waals surface area contributed by atoms with Gasteiger partial charge in [0.1, 0.15) is 11.5 Å². The lowest BCUT2D eigenvalue weighted by Gasteiger charge is -2.15. The summed E-state index contributed by atoms with van der Waals surface area (Å²) in [5.74, 6) is 1.52. The van der Waals surface area contributed by atoms with Crippen molar-refractivity contribution >= 4 is 22.9 Å². The number of hydrogen-bond acceptors (Lipinski definition) is 3.